The molecule has 0 spiro atoms. The largest absolute Gasteiger partial charge is 0.525 e. The highest BCUT2D eigenvalue weighted by Crippen LogP contribution is 2.36. The van der Waals surface area contributed by atoms with Gasteiger partial charge in [0, 0.05) is 0 Å². The Morgan fingerprint density at radius 3 is 2.33 bits per heavy atom. The number of nitrogens with zero attached hydrogens (tertiary/aromatic N) is 1. The summed E-state index contributed by atoms with van der Waals surface area (Å²) in [5, 5.41) is -0.537. The second-order valence-electron chi connectivity index (χ2n) is 3.36. The summed E-state index contributed by atoms with van der Waals surface area (Å²) in [7, 11) is 0. The SMILES string of the molecule is O=C=Nc1ccc(OC(F)(F)C(F)OC(F)(F)F)c(Cl)c1. The highest BCUT2D eigenvalue weighted by Gasteiger charge is 2.50. The average Bonchev–Trinajstić information content (AvgIpc) is 2.31. The lowest BCUT2D eigenvalue weighted by atomic mass is 10.3. The van der Waals surface area contributed by atoms with Gasteiger partial charge < -0.3 is 4.74 Å². The van der Waals surface area contributed by atoms with E-state index in [0.717, 1.165) is 24.3 Å². The number of halogens is 7. The van der Waals surface area contributed by atoms with Crippen molar-refractivity contribution >= 4 is 23.4 Å². The molecule has 0 aromatic heterocycles. The van der Waals surface area contributed by atoms with E-state index in [1.54, 1.807) is 0 Å². The van der Waals surface area contributed by atoms with Crippen LogP contribution in [0.3, 0.4) is 0 Å². The number of benzene rings is 1. The van der Waals surface area contributed by atoms with Gasteiger partial charge in [-0.25, -0.2) is 13.9 Å². The number of rotatable bonds is 5. The first-order chi connectivity index (χ1) is 9.55. The number of isocyanates is 1. The van der Waals surface area contributed by atoms with E-state index < -0.39 is 29.6 Å². The third kappa shape index (κ3) is 5.25. The van der Waals surface area contributed by atoms with E-state index in [0.29, 0.717) is 0 Å². The van der Waals surface area contributed by atoms with Crippen LogP contribution in [0.4, 0.5) is 32.0 Å². The molecule has 0 saturated carbocycles. The molecule has 0 radical (unpaired) electrons. The van der Waals surface area contributed by atoms with Crippen LogP contribution < -0.4 is 4.74 Å². The normalized spacial score (nSPS) is 13.5. The van der Waals surface area contributed by atoms with E-state index in [1.165, 1.54) is 0 Å². The van der Waals surface area contributed by atoms with Crippen LogP contribution in [-0.2, 0) is 9.53 Å². The minimum atomic E-state index is -5.61. The van der Waals surface area contributed by atoms with Crippen molar-refractivity contribution in [1.82, 2.24) is 0 Å². The molecule has 1 aromatic rings. The van der Waals surface area contributed by atoms with Crippen molar-refractivity contribution in [2.75, 3.05) is 0 Å². The Hall–Kier alpha value is -1.77. The van der Waals surface area contributed by atoms with Crippen molar-refractivity contribution in [1.29, 1.82) is 0 Å². The van der Waals surface area contributed by atoms with Gasteiger partial charge in [-0.05, 0) is 18.2 Å². The Morgan fingerprint density at radius 2 is 1.86 bits per heavy atom. The summed E-state index contributed by atoms with van der Waals surface area (Å²) in [6.07, 6.45) is -13.5. The minimum Gasteiger partial charge on any atom is -0.427 e. The van der Waals surface area contributed by atoms with Gasteiger partial charge in [-0.1, -0.05) is 11.6 Å². The molecule has 0 amide bonds. The fourth-order valence-corrected chi connectivity index (χ4v) is 1.29. The maximum atomic E-state index is 13.1. The van der Waals surface area contributed by atoms with E-state index in [1.807, 2.05) is 0 Å². The van der Waals surface area contributed by atoms with Crippen LogP contribution in [0.25, 0.3) is 0 Å². The van der Waals surface area contributed by atoms with Crippen LogP contribution in [0.5, 0.6) is 5.75 Å². The second-order valence-corrected chi connectivity index (χ2v) is 3.77. The summed E-state index contributed by atoms with van der Waals surface area (Å²) in [6.45, 7) is 0. The molecule has 4 nitrogen and oxygen atoms in total. The second kappa shape index (κ2) is 6.33. The number of alkyl halides is 6. The van der Waals surface area contributed by atoms with Crippen LogP contribution >= 0.6 is 11.6 Å². The van der Waals surface area contributed by atoms with E-state index in [2.05, 4.69) is 14.5 Å². The molecular formula is C10H4ClF6NO3. The lowest BCUT2D eigenvalue weighted by Gasteiger charge is -2.22. The molecule has 1 unspecified atom stereocenters. The van der Waals surface area contributed by atoms with Crippen molar-refractivity contribution in [2.24, 2.45) is 4.99 Å². The van der Waals surface area contributed by atoms with Crippen LogP contribution in [0.2, 0.25) is 5.02 Å². The molecule has 0 aliphatic heterocycles. The molecule has 0 fully saturated rings. The van der Waals surface area contributed by atoms with Crippen molar-refractivity contribution in [2.45, 2.75) is 18.8 Å². The van der Waals surface area contributed by atoms with Gasteiger partial charge in [-0.3, -0.25) is 0 Å². The zero-order valence-electron chi connectivity index (χ0n) is 9.63. The summed E-state index contributed by atoms with van der Waals surface area (Å²) in [5.41, 5.74) is -0.0750. The lowest BCUT2D eigenvalue weighted by Crippen LogP contribution is -2.41. The molecule has 0 saturated heterocycles. The fourth-order valence-electron chi connectivity index (χ4n) is 1.07. The number of carbonyl (C=O) groups excluding carboxylic acids is 1. The maximum Gasteiger partial charge on any atom is 0.525 e. The van der Waals surface area contributed by atoms with Gasteiger partial charge in [0.2, 0.25) is 6.08 Å². The monoisotopic (exact) mass is 335 g/mol. The zero-order valence-corrected chi connectivity index (χ0v) is 10.4. The standard InChI is InChI=1S/C10H4ClF6NO3/c11-6-3-5(18-4-19)1-2-7(6)20-9(13,14)8(12)21-10(15,16)17/h1-3,8H. The number of aliphatic imine (C=N–C) groups is 1. The first-order valence-corrected chi connectivity index (χ1v) is 5.26. The third-order valence-corrected chi connectivity index (χ3v) is 2.13. The first-order valence-electron chi connectivity index (χ1n) is 4.88. The Bertz CT molecular complexity index is 558. The fraction of sp³-hybridized carbons (Fsp3) is 0.300. The van der Waals surface area contributed by atoms with Crippen molar-refractivity contribution in [3.63, 3.8) is 0 Å². The Labute approximate surface area is 117 Å². The molecule has 21 heavy (non-hydrogen) atoms. The van der Waals surface area contributed by atoms with Crippen LogP contribution in [0, 0.1) is 0 Å². The highest BCUT2D eigenvalue weighted by atomic mass is 35.5. The Balaban J connectivity index is 2.90. The van der Waals surface area contributed by atoms with Crippen molar-refractivity contribution in [3.05, 3.63) is 23.2 Å². The summed E-state index contributed by atoms with van der Waals surface area (Å²) >= 11 is 5.48. The van der Waals surface area contributed by atoms with Crippen LogP contribution in [0.15, 0.2) is 23.2 Å². The average molecular weight is 336 g/mol. The molecule has 0 heterocycles. The summed E-state index contributed by atoms with van der Waals surface area (Å²) in [6, 6.07) is 2.61. The van der Waals surface area contributed by atoms with Crippen molar-refractivity contribution < 1.29 is 40.6 Å². The molecule has 0 bridgehead atoms. The Kier molecular flexibility index (Phi) is 5.21. The molecule has 0 N–H and O–H groups in total. The molecule has 0 aliphatic rings. The van der Waals surface area contributed by atoms with E-state index in [4.69, 9.17) is 11.6 Å². The van der Waals surface area contributed by atoms with Gasteiger partial charge in [0.25, 0.3) is 0 Å². The molecule has 11 heteroatoms. The third-order valence-electron chi connectivity index (χ3n) is 1.84. The summed E-state index contributed by atoms with van der Waals surface area (Å²) in [4.78, 5) is 13.1. The van der Waals surface area contributed by atoms with E-state index in [-0.39, 0.29) is 5.69 Å². The first kappa shape index (κ1) is 17.3. The number of hydrogen-bond acceptors (Lipinski definition) is 4. The van der Waals surface area contributed by atoms with Gasteiger partial charge in [0.1, 0.15) is 5.75 Å². The zero-order chi connectivity index (χ0) is 16.3. The number of hydrogen-bond donors (Lipinski definition) is 0. The topological polar surface area (TPSA) is 47.9 Å². The quantitative estimate of drug-likeness (QED) is 0.462. The van der Waals surface area contributed by atoms with Gasteiger partial charge in [-0.15, -0.1) is 13.2 Å². The van der Waals surface area contributed by atoms with Gasteiger partial charge in [-0.2, -0.15) is 13.8 Å². The number of ether oxygens (including phenoxy) is 2. The molecular weight excluding hydrogens is 332 g/mol. The van der Waals surface area contributed by atoms with Crippen LogP contribution in [0.1, 0.15) is 0 Å². The summed E-state index contributed by atoms with van der Waals surface area (Å²) < 4.78 is 80.2. The van der Waals surface area contributed by atoms with Gasteiger partial charge in [0.05, 0.1) is 10.7 Å². The smallest absolute Gasteiger partial charge is 0.427 e. The van der Waals surface area contributed by atoms with E-state index >= 15 is 0 Å². The van der Waals surface area contributed by atoms with Gasteiger partial charge in [0.15, 0.2) is 0 Å². The highest BCUT2D eigenvalue weighted by molar-refractivity contribution is 6.32. The maximum absolute atomic E-state index is 13.1. The molecule has 1 aromatic carbocycles. The molecule has 1 rings (SSSR count). The van der Waals surface area contributed by atoms with Crippen molar-refractivity contribution in [3.8, 4) is 5.75 Å². The lowest BCUT2D eigenvalue weighted by molar-refractivity contribution is -0.411. The van der Waals surface area contributed by atoms with Gasteiger partial charge >= 0.3 is 18.8 Å². The van der Waals surface area contributed by atoms with Crippen LogP contribution in [-0.4, -0.2) is 24.9 Å². The molecule has 0 aliphatic carbocycles. The summed E-state index contributed by atoms with van der Waals surface area (Å²) in [5.74, 6) is -0.833. The Morgan fingerprint density at radius 1 is 1.24 bits per heavy atom. The molecule has 116 valence electrons. The minimum absolute atomic E-state index is 0.0750. The molecule has 1 atom stereocenters. The predicted molar refractivity (Wildman–Crippen MR) is 56.8 cm³/mol. The predicted octanol–water partition coefficient (Wildman–Crippen LogP) is 4.11. The van der Waals surface area contributed by atoms with E-state index in [9.17, 15) is 31.1 Å².